The number of amides is 1. The summed E-state index contributed by atoms with van der Waals surface area (Å²) in [5, 5.41) is 2.90. The lowest BCUT2D eigenvalue weighted by Crippen LogP contribution is -2.24. The predicted octanol–water partition coefficient (Wildman–Crippen LogP) is 2.54. The van der Waals surface area contributed by atoms with Crippen molar-refractivity contribution in [2.24, 2.45) is 0 Å². The minimum Gasteiger partial charge on any atom is -0.497 e. The van der Waals surface area contributed by atoms with E-state index in [-0.39, 0.29) is 5.91 Å². The van der Waals surface area contributed by atoms with Crippen LogP contribution in [0.5, 0.6) is 5.75 Å². The lowest BCUT2D eigenvalue weighted by atomic mass is 10.1. The van der Waals surface area contributed by atoms with Gasteiger partial charge in [0.05, 0.1) is 7.11 Å². The summed E-state index contributed by atoms with van der Waals surface area (Å²) in [6.07, 6.45) is 5.45. The first kappa shape index (κ1) is 15.7. The summed E-state index contributed by atoms with van der Waals surface area (Å²) in [6.45, 7) is 0.699. The van der Waals surface area contributed by atoms with Crippen LogP contribution < -0.4 is 15.8 Å². The topological polar surface area (TPSA) is 64.3 Å². The second-order valence-electron chi connectivity index (χ2n) is 4.30. The van der Waals surface area contributed by atoms with Gasteiger partial charge in [-0.1, -0.05) is 6.42 Å². The number of nitrogens with one attached hydrogen (secondary N) is 1. The van der Waals surface area contributed by atoms with Gasteiger partial charge in [0.2, 0.25) is 0 Å². The number of hydrogen-bond donors (Lipinski definition) is 2. The molecule has 0 aliphatic rings. The van der Waals surface area contributed by atoms with Crippen molar-refractivity contribution in [3.05, 3.63) is 23.8 Å². The molecule has 0 aromatic heterocycles. The molecule has 19 heavy (non-hydrogen) atoms. The highest BCUT2D eigenvalue weighted by Gasteiger charge is 2.07. The zero-order valence-electron chi connectivity index (χ0n) is 11.6. The molecule has 106 valence electrons. The Bertz CT molecular complexity index is 410. The van der Waals surface area contributed by atoms with E-state index in [1.807, 2.05) is 11.8 Å². The molecule has 0 atom stereocenters. The summed E-state index contributed by atoms with van der Waals surface area (Å²) >= 11 is 1.85. The second-order valence-corrected chi connectivity index (χ2v) is 5.29. The van der Waals surface area contributed by atoms with Gasteiger partial charge in [0, 0.05) is 23.9 Å². The predicted molar refractivity (Wildman–Crippen MR) is 82.0 cm³/mol. The van der Waals surface area contributed by atoms with E-state index in [0.717, 1.165) is 12.8 Å². The Labute approximate surface area is 119 Å². The van der Waals surface area contributed by atoms with Gasteiger partial charge in [-0.2, -0.15) is 11.8 Å². The number of rotatable bonds is 8. The molecule has 0 heterocycles. The van der Waals surface area contributed by atoms with Gasteiger partial charge in [-0.05, 0) is 37.0 Å². The molecule has 4 nitrogen and oxygen atoms in total. The molecule has 1 amide bonds. The SMILES string of the molecule is COc1cc(N)cc(C(=O)NCCCCCSC)c1. The molecule has 0 bridgehead atoms. The van der Waals surface area contributed by atoms with Gasteiger partial charge in [-0.15, -0.1) is 0 Å². The molecule has 0 saturated carbocycles. The number of carbonyl (C=O) groups excluding carboxylic acids is 1. The number of nitrogen functional groups attached to an aromatic ring is 1. The van der Waals surface area contributed by atoms with E-state index in [0.29, 0.717) is 23.5 Å². The third-order valence-electron chi connectivity index (χ3n) is 2.74. The van der Waals surface area contributed by atoms with Gasteiger partial charge >= 0.3 is 0 Å². The smallest absolute Gasteiger partial charge is 0.251 e. The van der Waals surface area contributed by atoms with Crippen LogP contribution in [0.2, 0.25) is 0 Å². The van der Waals surface area contributed by atoms with E-state index in [1.165, 1.54) is 12.2 Å². The van der Waals surface area contributed by atoms with Crippen molar-refractivity contribution in [1.29, 1.82) is 0 Å². The van der Waals surface area contributed by atoms with Crippen LogP contribution in [0.3, 0.4) is 0 Å². The minimum atomic E-state index is -0.101. The molecule has 1 aromatic carbocycles. The zero-order valence-corrected chi connectivity index (χ0v) is 12.4. The number of nitrogens with two attached hydrogens (primary N) is 1. The van der Waals surface area contributed by atoms with Gasteiger partial charge in [-0.3, -0.25) is 4.79 Å². The number of benzene rings is 1. The van der Waals surface area contributed by atoms with E-state index in [2.05, 4.69) is 11.6 Å². The third kappa shape index (κ3) is 5.87. The first-order valence-electron chi connectivity index (χ1n) is 6.39. The number of anilines is 1. The number of carbonyl (C=O) groups is 1. The fourth-order valence-electron chi connectivity index (χ4n) is 1.72. The number of hydrogen-bond acceptors (Lipinski definition) is 4. The van der Waals surface area contributed by atoms with Crippen molar-refractivity contribution >= 4 is 23.4 Å². The average Bonchev–Trinajstić information content (AvgIpc) is 2.41. The monoisotopic (exact) mass is 282 g/mol. The Morgan fingerprint density at radius 1 is 1.32 bits per heavy atom. The quantitative estimate of drug-likeness (QED) is 0.568. The van der Waals surface area contributed by atoms with Crippen LogP contribution in [-0.4, -0.2) is 31.6 Å². The maximum Gasteiger partial charge on any atom is 0.251 e. The Hall–Kier alpha value is -1.36. The van der Waals surface area contributed by atoms with Crippen molar-refractivity contribution in [3.63, 3.8) is 0 Å². The number of thioether (sulfide) groups is 1. The highest BCUT2D eigenvalue weighted by molar-refractivity contribution is 7.98. The Morgan fingerprint density at radius 2 is 2.11 bits per heavy atom. The maximum atomic E-state index is 11.9. The zero-order chi connectivity index (χ0) is 14.1. The molecular weight excluding hydrogens is 260 g/mol. The Morgan fingerprint density at radius 3 is 2.79 bits per heavy atom. The summed E-state index contributed by atoms with van der Waals surface area (Å²) in [4.78, 5) is 11.9. The van der Waals surface area contributed by atoms with E-state index in [1.54, 1.807) is 25.3 Å². The highest BCUT2D eigenvalue weighted by atomic mass is 32.2. The van der Waals surface area contributed by atoms with E-state index >= 15 is 0 Å². The maximum absolute atomic E-state index is 11.9. The van der Waals surface area contributed by atoms with Crippen LogP contribution in [-0.2, 0) is 0 Å². The lowest BCUT2D eigenvalue weighted by Gasteiger charge is -2.08. The van der Waals surface area contributed by atoms with Gasteiger partial charge in [0.1, 0.15) is 5.75 Å². The fraction of sp³-hybridized carbons (Fsp3) is 0.500. The summed E-state index contributed by atoms with van der Waals surface area (Å²) in [5.74, 6) is 1.68. The third-order valence-corrected chi connectivity index (χ3v) is 3.43. The minimum absolute atomic E-state index is 0.101. The molecule has 1 aromatic rings. The molecule has 0 radical (unpaired) electrons. The fourth-order valence-corrected chi connectivity index (χ4v) is 2.22. The average molecular weight is 282 g/mol. The number of methoxy groups -OCH3 is 1. The normalized spacial score (nSPS) is 10.2. The molecule has 0 saturated heterocycles. The first-order chi connectivity index (χ1) is 9.17. The summed E-state index contributed by atoms with van der Waals surface area (Å²) < 4.78 is 5.09. The standard InChI is InChI=1S/C14H22N2O2S/c1-18-13-9-11(8-12(15)10-13)14(17)16-6-4-3-5-7-19-2/h8-10H,3-7,15H2,1-2H3,(H,16,17). The van der Waals surface area contributed by atoms with Gasteiger partial charge in [-0.25, -0.2) is 0 Å². The number of ether oxygens (including phenoxy) is 1. The van der Waals surface area contributed by atoms with E-state index in [9.17, 15) is 4.79 Å². The van der Waals surface area contributed by atoms with Crippen molar-refractivity contribution < 1.29 is 9.53 Å². The summed E-state index contributed by atoms with van der Waals surface area (Å²) in [7, 11) is 1.56. The molecule has 1 rings (SSSR count). The van der Waals surface area contributed by atoms with Crippen LogP contribution in [0.4, 0.5) is 5.69 Å². The number of unbranched alkanes of at least 4 members (excludes halogenated alkanes) is 2. The molecule has 0 aliphatic carbocycles. The first-order valence-corrected chi connectivity index (χ1v) is 7.78. The second kappa shape index (κ2) is 8.69. The Kier molecular flexibility index (Phi) is 7.18. The molecule has 0 aliphatic heterocycles. The highest BCUT2D eigenvalue weighted by Crippen LogP contribution is 2.18. The van der Waals surface area contributed by atoms with Crippen molar-refractivity contribution in [1.82, 2.24) is 5.32 Å². The van der Waals surface area contributed by atoms with Crippen LogP contribution in [0, 0.1) is 0 Å². The summed E-state index contributed by atoms with van der Waals surface area (Å²) in [5.41, 5.74) is 6.79. The molecule has 0 fully saturated rings. The van der Waals surface area contributed by atoms with Gasteiger partial charge in [0.15, 0.2) is 0 Å². The molecular formula is C14H22N2O2S. The lowest BCUT2D eigenvalue weighted by molar-refractivity contribution is 0.0952. The van der Waals surface area contributed by atoms with E-state index < -0.39 is 0 Å². The largest absolute Gasteiger partial charge is 0.497 e. The van der Waals surface area contributed by atoms with Crippen LogP contribution in [0.25, 0.3) is 0 Å². The molecule has 0 spiro atoms. The molecule has 0 unspecified atom stereocenters. The van der Waals surface area contributed by atoms with Crippen molar-refractivity contribution in [3.8, 4) is 5.75 Å². The van der Waals surface area contributed by atoms with Gasteiger partial charge in [0.25, 0.3) is 5.91 Å². The van der Waals surface area contributed by atoms with Crippen molar-refractivity contribution in [2.45, 2.75) is 19.3 Å². The molecule has 3 N–H and O–H groups in total. The van der Waals surface area contributed by atoms with Gasteiger partial charge < -0.3 is 15.8 Å². The van der Waals surface area contributed by atoms with E-state index in [4.69, 9.17) is 10.5 Å². The summed E-state index contributed by atoms with van der Waals surface area (Å²) in [6, 6.07) is 5.05. The Balaban J connectivity index is 2.39. The van der Waals surface area contributed by atoms with Crippen LogP contribution >= 0.6 is 11.8 Å². The van der Waals surface area contributed by atoms with Crippen LogP contribution in [0.15, 0.2) is 18.2 Å². The molecule has 5 heteroatoms. The van der Waals surface area contributed by atoms with Crippen molar-refractivity contribution in [2.75, 3.05) is 31.4 Å². The van der Waals surface area contributed by atoms with Crippen LogP contribution in [0.1, 0.15) is 29.6 Å².